The van der Waals surface area contributed by atoms with E-state index >= 15 is 0 Å². The minimum absolute atomic E-state index is 0.819. The SMILES string of the molecule is C=C1C=NNC1. The van der Waals surface area contributed by atoms with Crippen molar-refractivity contribution < 1.29 is 0 Å². The number of hydrogen-bond acceptors (Lipinski definition) is 2. The lowest BCUT2D eigenvalue weighted by Crippen LogP contribution is -1.98. The van der Waals surface area contributed by atoms with Crippen molar-refractivity contribution in [2.75, 3.05) is 6.54 Å². The van der Waals surface area contributed by atoms with Gasteiger partial charge in [-0.15, -0.1) is 0 Å². The standard InChI is InChI=1S/C4H6N2/c1-4-2-5-6-3-4/h2,6H,1,3H2. The second-order valence-electron chi connectivity index (χ2n) is 1.25. The Morgan fingerprint density at radius 1 is 2.00 bits per heavy atom. The lowest BCUT2D eigenvalue weighted by Gasteiger charge is -1.80. The molecular weight excluding hydrogens is 76.1 g/mol. The number of rotatable bonds is 0. The summed E-state index contributed by atoms with van der Waals surface area (Å²) in [7, 11) is 0. The van der Waals surface area contributed by atoms with Gasteiger partial charge in [0.2, 0.25) is 0 Å². The summed E-state index contributed by atoms with van der Waals surface area (Å²) < 4.78 is 0. The summed E-state index contributed by atoms with van der Waals surface area (Å²) in [6, 6.07) is 0. The van der Waals surface area contributed by atoms with E-state index in [0.29, 0.717) is 0 Å². The van der Waals surface area contributed by atoms with Gasteiger partial charge in [-0.25, -0.2) is 0 Å². The molecule has 0 amide bonds. The predicted molar refractivity (Wildman–Crippen MR) is 25.6 cm³/mol. The van der Waals surface area contributed by atoms with Gasteiger partial charge in [-0.1, -0.05) is 6.58 Å². The van der Waals surface area contributed by atoms with Gasteiger partial charge in [0.05, 0.1) is 12.8 Å². The molecule has 0 aromatic heterocycles. The van der Waals surface area contributed by atoms with Gasteiger partial charge in [-0.05, 0) is 5.57 Å². The zero-order chi connectivity index (χ0) is 4.41. The molecule has 0 saturated carbocycles. The van der Waals surface area contributed by atoms with Crippen molar-refractivity contribution in [3.63, 3.8) is 0 Å². The molecule has 0 fully saturated rings. The molecule has 0 aliphatic carbocycles. The first-order chi connectivity index (χ1) is 2.89. The molecule has 0 aromatic rings. The Hall–Kier alpha value is -0.790. The van der Waals surface area contributed by atoms with Gasteiger partial charge in [0.1, 0.15) is 0 Å². The first-order valence-corrected chi connectivity index (χ1v) is 1.83. The summed E-state index contributed by atoms with van der Waals surface area (Å²) in [4.78, 5) is 0. The highest BCUT2D eigenvalue weighted by Crippen LogP contribution is 1.86. The Kier molecular flexibility index (Phi) is 0.638. The second-order valence-corrected chi connectivity index (χ2v) is 1.25. The summed E-state index contributed by atoms with van der Waals surface area (Å²) in [5.41, 5.74) is 3.79. The fraction of sp³-hybridized carbons (Fsp3) is 0.250. The first-order valence-electron chi connectivity index (χ1n) is 1.83. The minimum atomic E-state index is 0.819. The first kappa shape index (κ1) is 3.40. The van der Waals surface area contributed by atoms with Crippen LogP contribution >= 0.6 is 0 Å². The number of nitrogens with one attached hydrogen (secondary N) is 1. The van der Waals surface area contributed by atoms with Crippen LogP contribution in [0.2, 0.25) is 0 Å². The smallest absolute Gasteiger partial charge is 0.0589 e. The van der Waals surface area contributed by atoms with Crippen molar-refractivity contribution in [1.29, 1.82) is 0 Å². The van der Waals surface area contributed by atoms with Gasteiger partial charge in [-0.2, -0.15) is 5.10 Å². The lowest BCUT2D eigenvalue weighted by atomic mass is 10.4. The molecule has 1 rings (SSSR count). The van der Waals surface area contributed by atoms with Crippen molar-refractivity contribution >= 4 is 6.21 Å². The maximum absolute atomic E-state index is 3.69. The molecule has 6 heavy (non-hydrogen) atoms. The van der Waals surface area contributed by atoms with Crippen LogP contribution in [0.5, 0.6) is 0 Å². The molecule has 1 aliphatic rings. The normalized spacial score (nSPS) is 18.3. The van der Waals surface area contributed by atoms with Gasteiger partial charge >= 0.3 is 0 Å². The maximum Gasteiger partial charge on any atom is 0.0589 e. The third-order valence-electron chi connectivity index (χ3n) is 0.645. The molecule has 1 aliphatic heterocycles. The molecule has 0 saturated heterocycles. The Morgan fingerprint density at radius 3 is 3.00 bits per heavy atom. The van der Waals surface area contributed by atoms with Crippen LogP contribution in [0.15, 0.2) is 17.3 Å². The molecule has 32 valence electrons. The van der Waals surface area contributed by atoms with Gasteiger partial charge in [0, 0.05) is 0 Å². The summed E-state index contributed by atoms with van der Waals surface area (Å²) in [6.45, 7) is 4.46. The number of nitrogens with zero attached hydrogens (tertiary/aromatic N) is 1. The average Bonchev–Trinajstić information content (AvgIpc) is 1.86. The second kappa shape index (κ2) is 1.12. The fourth-order valence-corrected chi connectivity index (χ4v) is 0.330. The zero-order valence-corrected chi connectivity index (χ0v) is 3.44. The highest BCUT2D eigenvalue weighted by Gasteiger charge is 1.91. The van der Waals surface area contributed by atoms with E-state index in [1.807, 2.05) is 0 Å². The van der Waals surface area contributed by atoms with Crippen LogP contribution in [0.4, 0.5) is 0 Å². The zero-order valence-electron chi connectivity index (χ0n) is 3.44. The molecule has 0 atom stereocenters. The quantitative estimate of drug-likeness (QED) is 0.441. The molecule has 0 spiro atoms. The van der Waals surface area contributed by atoms with E-state index in [-0.39, 0.29) is 0 Å². The largest absolute Gasteiger partial charge is 0.306 e. The van der Waals surface area contributed by atoms with E-state index < -0.39 is 0 Å². The van der Waals surface area contributed by atoms with Crippen LogP contribution in [0.25, 0.3) is 0 Å². The van der Waals surface area contributed by atoms with E-state index in [4.69, 9.17) is 0 Å². The molecular formula is C4H6N2. The maximum atomic E-state index is 3.69. The Labute approximate surface area is 36.6 Å². The lowest BCUT2D eigenvalue weighted by molar-refractivity contribution is 0.857. The molecule has 0 radical (unpaired) electrons. The highest BCUT2D eigenvalue weighted by molar-refractivity contribution is 5.79. The van der Waals surface area contributed by atoms with Crippen molar-refractivity contribution in [3.8, 4) is 0 Å². The van der Waals surface area contributed by atoms with Crippen LogP contribution in [-0.4, -0.2) is 12.8 Å². The molecule has 0 bridgehead atoms. The van der Waals surface area contributed by atoms with E-state index in [0.717, 1.165) is 12.1 Å². The molecule has 0 aromatic carbocycles. The Morgan fingerprint density at radius 2 is 2.83 bits per heavy atom. The molecule has 0 unspecified atom stereocenters. The van der Waals surface area contributed by atoms with Crippen LogP contribution in [-0.2, 0) is 0 Å². The van der Waals surface area contributed by atoms with Crippen LogP contribution < -0.4 is 5.43 Å². The van der Waals surface area contributed by atoms with Crippen molar-refractivity contribution in [2.24, 2.45) is 5.10 Å². The van der Waals surface area contributed by atoms with Gasteiger partial charge in [0.15, 0.2) is 0 Å². The number of hydrogen-bond donors (Lipinski definition) is 1. The van der Waals surface area contributed by atoms with Crippen LogP contribution in [0.1, 0.15) is 0 Å². The summed E-state index contributed by atoms with van der Waals surface area (Å²) >= 11 is 0. The van der Waals surface area contributed by atoms with Crippen LogP contribution in [0, 0.1) is 0 Å². The van der Waals surface area contributed by atoms with Gasteiger partial charge in [0.25, 0.3) is 0 Å². The monoisotopic (exact) mass is 82.1 g/mol. The van der Waals surface area contributed by atoms with E-state index in [2.05, 4.69) is 17.1 Å². The third-order valence-corrected chi connectivity index (χ3v) is 0.645. The van der Waals surface area contributed by atoms with Gasteiger partial charge < -0.3 is 5.43 Å². The highest BCUT2D eigenvalue weighted by atomic mass is 15.3. The topological polar surface area (TPSA) is 24.4 Å². The summed E-state index contributed by atoms with van der Waals surface area (Å²) in [6.07, 6.45) is 1.72. The average molecular weight is 82.1 g/mol. The van der Waals surface area contributed by atoms with Crippen molar-refractivity contribution in [1.82, 2.24) is 5.43 Å². The van der Waals surface area contributed by atoms with Crippen molar-refractivity contribution in [2.45, 2.75) is 0 Å². The van der Waals surface area contributed by atoms with E-state index in [1.54, 1.807) is 6.21 Å². The summed E-state index contributed by atoms with van der Waals surface area (Å²) in [5.74, 6) is 0. The Bertz CT molecular complexity index is 93.7. The molecule has 2 heteroatoms. The molecule has 1 N–H and O–H groups in total. The molecule has 2 nitrogen and oxygen atoms in total. The number of hydrazone groups is 1. The van der Waals surface area contributed by atoms with E-state index in [1.165, 1.54) is 0 Å². The molecule has 1 heterocycles. The van der Waals surface area contributed by atoms with Crippen LogP contribution in [0.3, 0.4) is 0 Å². The fourth-order valence-electron chi connectivity index (χ4n) is 0.330. The summed E-state index contributed by atoms with van der Waals surface area (Å²) in [5, 5.41) is 3.69. The van der Waals surface area contributed by atoms with E-state index in [9.17, 15) is 0 Å². The predicted octanol–water partition coefficient (Wildman–Crippen LogP) is 0.132. The van der Waals surface area contributed by atoms with Gasteiger partial charge in [-0.3, -0.25) is 0 Å². The third kappa shape index (κ3) is 0.407. The van der Waals surface area contributed by atoms with Crippen molar-refractivity contribution in [3.05, 3.63) is 12.2 Å². The minimum Gasteiger partial charge on any atom is -0.306 e. The Balaban J connectivity index is 2.59.